The van der Waals surface area contributed by atoms with E-state index in [1.807, 2.05) is 6.92 Å². The van der Waals surface area contributed by atoms with Crippen LogP contribution in [0.5, 0.6) is 11.5 Å². The number of aryl methyl sites for hydroxylation is 1. The Morgan fingerprint density at radius 2 is 1.54 bits per heavy atom. The second-order valence-electron chi connectivity index (χ2n) is 7.84. The van der Waals surface area contributed by atoms with E-state index in [2.05, 4.69) is 0 Å². The Balaban J connectivity index is 2.00. The number of carbonyl (C=O) groups is 2. The normalized spacial score (nSPS) is 17.1. The lowest BCUT2D eigenvalue weighted by Gasteiger charge is -2.26. The molecular weight excluding hydrogens is 513 g/mol. The van der Waals surface area contributed by atoms with E-state index >= 15 is 0 Å². The number of methoxy groups -OCH3 is 2. The van der Waals surface area contributed by atoms with Crippen LogP contribution in [-0.4, -0.2) is 31.0 Å². The molecule has 1 atom stereocenters. The molecule has 3 aromatic rings. The number of ketones is 1. The Kier molecular flexibility index (Phi) is 6.99. The Morgan fingerprint density at radius 3 is 2.14 bits per heavy atom. The van der Waals surface area contributed by atoms with Crippen LogP contribution < -0.4 is 14.4 Å². The van der Waals surface area contributed by atoms with E-state index in [9.17, 15) is 14.7 Å². The standard InChI is InChI=1S/C26H20Cl3NO5/c1-13-4-9-16(10-18(13)28)30-23(14-5-7-15(27)8-6-14)22(25(32)26(30)33)24(31)17-11-21(35-3)19(29)12-20(17)34-2/h4-12,23,31H,1-3H3/b24-22+. The molecule has 4 rings (SSSR count). The van der Waals surface area contributed by atoms with E-state index < -0.39 is 23.5 Å². The van der Waals surface area contributed by atoms with Gasteiger partial charge in [0.1, 0.15) is 17.3 Å². The van der Waals surface area contributed by atoms with Gasteiger partial charge in [-0.3, -0.25) is 14.5 Å². The van der Waals surface area contributed by atoms with Crippen LogP contribution in [0.15, 0.2) is 60.2 Å². The molecular formula is C26H20Cl3NO5. The highest BCUT2D eigenvalue weighted by molar-refractivity contribution is 6.52. The fourth-order valence-electron chi connectivity index (χ4n) is 3.98. The number of nitrogens with zero attached hydrogens (tertiary/aromatic N) is 1. The molecule has 1 fully saturated rings. The minimum Gasteiger partial charge on any atom is -0.507 e. The van der Waals surface area contributed by atoms with Crippen molar-refractivity contribution < 1.29 is 24.2 Å². The van der Waals surface area contributed by atoms with Crippen molar-refractivity contribution in [2.24, 2.45) is 0 Å². The van der Waals surface area contributed by atoms with Crippen LogP contribution >= 0.6 is 34.8 Å². The number of halogens is 3. The molecule has 0 bridgehead atoms. The molecule has 3 aromatic carbocycles. The summed E-state index contributed by atoms with van der Waals surface area (Å²) in [5.41, 5.74) is 1.80. The van der Waals surface area contributed by atoms with E-state index in [-0.39, 0.29) is 27.7 Å². The lowest BCUT2D eigenvalue weighted by molar-refractivity contribution is -0.132. The van der Waals surface area contributed by atoms with Gasteiger partial charge in [0, 0.05) is 21.8 Å². The van der Waals surface area contributed by atoms with Gasteiger partial charge < -0.3 is 14.6 Å². The van der Waals surface area contributed by atoms with Crippen LogP contribution in [0, 0.1) is 6.92 Å². The predicted molar refractivity (Wildman–Crippen MR) is 137 cm³/mol. The SMILES string of the molecule is COc1cc(/C(O)=C2\C(=O)C(=O)N(c3ccc(C)c(Cl)c3)C2c2ccc(Cl)cc2)c(OC)cc1Cl. The third kappa shape index (κ3) is 4.45. The monoisotopic (exact) mass is 531 g/mol. The first-order valence-corrected chi connectivity index (χ1v) is 11.6. The zero-order valence-corrected chi connectivity index (χ0v) is 21.2. The maximum Gasteiger partial charge on any atom is 0.300 e. The molecule has 0 radical (unpaired) electrons. The quantitative estimate of drug-likeness (QED) is 0.228. The maximum atomic E-state index is 13.4. The third-order valence-electron chi connectivity index (χ3n) is 5.79. The number of Topliss-reactive ketones (excluding diaryl/α,β-unsaturated/α-hetero) is 1. The summed E-state index contributed by atoms with van der Waals surface area (Å²) in [6.07, 6.45) is 0. The lowest BCUT2D eigenvalue weighted by atomic mass is 9.94. The summed E-state index contributed by atoms with van der Waals surface area (Å²) in [5, 5.41) is 12.6. The first-order chi connectivity index (χ1) is 16.7. The molecule has 1 N–H and O–H groups in total. The second-order valence-corrected chi connectivity index (χ2v) is 9.09. The highest BCUT2D eigenvalue weighted by Crippen LogP contribution is 2.45. The zero-order chi connectivity index (χ0) is 25.4. The van der Waals surface area contributed by atoms with Crippen LogP contribution in [-0.2, 0) is 9.59 Å². The summed E-state index contributed by atoms with van der Waals surface area (Å²) >= 11 is 18.6. The average molecular weight is 533 g/mol. The van der Waals surface area contributed by atoms with Crippen molar-refractivity contribution in [1.29, 1.82) is 0 Å². The van der Waals surface area contributed by atoms with Gasteiger partial charge in [0.25, 0.3) is 11.7 Å². The molecule has 0 aliphatic carbocycles. The Morgan fingerprint density at radius 1 is 0.886 bits per heavy atom. The first kappa shape index (κ1) is 24.9. The van der Waals surface area contributed by atoms with E-state index in [4.69, 9.17) is 44.3 Å². The molecule has 1 aliphatic rings. The summed E-state index contributed by atoms with van der Waals surface area (Å²) in [5.74, 6) is -1.65. The number of carbonyl (C=O) groups excluding carboxylic acids is 2. The number of hydrogen-bond acceptors (Lipinski definition) is 5. The van der Waals surface area contributed by atoms with Crippen LogP contribution in [0.25, 0.3) is 5.76 Å². The topological polar surface area (TPSA) is 76.1 Å². The minimum absolute atomic E-state index is 0.128. The van der Waals surface area contributed by atoms with Crippen molar-refractivity contribution in [2.45, 2.75) is 13.0 Å². The van der Waals surface area contributed by atoms with E-state index in [1.54, 1.807) is 42.5 Å². The van der Waals surface area contributed by atoms with Crippen LogP contribution in [0.1, 0.15) is 22.7 Å². The average Bonchev–Trinajstić information content (AvgIpc) is 3.11. The van der Waals surface area contributed by atoms with Gasteiger partial charge in [-0.25, -0.2) is 0 Å². The summed E-state index contributed by atoms with van der Waals surface area (Å²) < 4.78 is 10.7. The molecule has 0 saturated carbocycles. The molecule has 1 aliphatic heterocycles. The second kappa shape index (κ2) is 9.82. The van der Waals surface area contributed by atoms with Gasteiger partial charge in [-0.05, 0) is 48.4 Å². The van der Waals surface area contributed by atoms with Crippen molar-refractivity contribution >= 4 is 57.9 Å². The molecule has 35 heavy (non-hydrogen) atoms. The van der Waals surface area contributed by atoms with Gasteiger partial charge >= 0.3 is 0 Å². The zero-order valence-electron chi connectivity index (χ0n) is 18.9. The smallest absolute Gasteiger partial charge is 0.300 e. The molecule has 180 valence electrons. The van der Waals surface area contributed by atoms with Crippen LogP contribution in [0.3, 0.4) is 0 Å². The highest BCUT2D eigenvalue weighted by atomic mass is 35.5. The van der Waals surface area contributed by atoms with Crippen LogP contribution in [0.4, 0.5) is 5.69 Å². The molecule has 6 nitrogen and oxygen atoms in total. The Bertz CT molecular complexity index is 1370. The van der Waals surface area contributed by atoms with E-state index in [1.165, 1.54) is 31.3 Å². The lowest BCUT2D eigenvalue weighted by Crippen LogP contribution is -2.29. The number of amides is 1. The van der Waals surface area contributed by atoms with Crippen molar-refractivity contribution in [3.8, 4) is 11.5 Å². The first-order valence-electron chi connectivity index (χ1n) is 10.4. The molecule has 1 saturated heterocycles. The molecule has 0 aromatic heterocycles. The molecule has 1 amide bonds. The van der Waals surface area contributed by atoms with Crippen molar-refractivity contribution in [1.82, 2.24) is 0 Å². The third-order valence-corrected chi connectivity index (χ3v) is 6.75. The number of hydrogen-bond donors (Lipinski definition) is 1. The van der Waals surface area contributed by atoms with Crippen LogP contribution in [0.2, 0.25) is 15.1 Å². The number of rotatable bonds is 5. The largest absolute Gasteiger partial charge is 0.507 e. The fourth-order valence-corrected chi connectivity index (χ4v) is 4.51. The summed E-state index contributed by atoms with van der Waals surface area (Å²) in [6.45, 7) is 1.83. The van der Waals surface area contributed by atoms with E-state index in [0.717, 1.165) is 5.56 Å². The maximum absolute atomic E-state index is 13.4. The van der Waals surface area contributed by atoms with E-state index in [0.29, 0.717) is 21.3 Å². The van der Waals surface area contributed by atoms with Gasteiger partial charge in [-0.1, -0.05) is 53.0 Å². The number of anilines is 1. The van der Waals surface area contributed by atoms with Crippen molar-refractivity contribution in [3.05, 3.63) is 91.9 Å². The molecule has 1 heterocycles. The Hall–Kier alpha value is -3.19. The predicted octanol–water partition coefficient (Wildman–Crippen LogP) is 6.60. The number of benzene rings is 3. The summed E-state index contributed by atoms with van der Waals surface area (Å²) in [7, 11) is 2.82. The van der Waals surface area contributed by atoms with Gasteiger partial charge in [0.15, 0.2) is 0 Å². The molecule has 0 spiro atoms. The van der Waals surface area contributed by atoms with Gasteiger partial charge in [-0.2, -0.15) is 0 Å². The number of aliphatic hydroxyl groups excluding tert-OH is 1. The minimum atomic E-state index is -0.961. The van der Waals surface area contributed by atoms with Crippen molar-refractivity contribution in [3.63, 3.8) is 0 Å². The van der Waals surface area contributed by atoms with Gasteiger partial charge in [-0.15, -0.1) is 0 Å². The highest BCUT2D eigenvalue weighted by Gasteiger charge is 2.47. The van der Waals surface area contributed by atoms with Gasteiger partial charge in [0.2, 0.25) is 0 Å². The fraction of sp³-hybridized carbons (Fsp3) is 0.154. The number of aliphatic hydroxyl groups is 1. The molecule has 1 unspecified atom stereocenters. The number of ether oxygens (including phenoxy) is 2. The Labute approximate surface area is 217 Å². The molecule has 9 heteroatoms. The summed E-state index contributed by atoms with van der Waals surface area (Å²) in [4.78, 5) is 28.0. The van der Waals surface area contributed by atoms with Crippen molar-refractivity contribution in [2.75, 3.05) is 19.1 Å². The van der Waals surface area contributed by atoms with Gasteiger partial charge in [0.05, 0.1) is 36.4 Å². The summed E-state index contributed by atoms with van der Waals surface area (Å²) in [6, 6.07) is 13.7.